The van der Waals surface area contributed by atoms with Crippen LogP contribution in [0.3, 0.4) is 0 Å². The van der Waals surface area contributed by atoms with Crippen molar-refractivity contribution in [2.75, 3.05) is 6.61 Å². The summed E-state index contributed by atoms with van der Waals surface area (Å²) in [6.45, 7) is 2.68. The molecule has 144 valence electrons. The summed E-state index contributed by atoms with van der Waals surface area (Å²) in [5, 5.41) is 0. The van der Waals surface area contributed by atoms with E-state index in [0.717, 1.165) is 11.1 Å². The van der Waals surface area contributed by atoms with Crippen LogP contribution in [0.25, 0.3) is 0 Å². The number of fused-ring (bicyclic) bond motifs is 2. The first-order valence-corrected chi connectivity index (χ1v) is 10.3. The Bertz CT molecular complexity index is 865. The molecular weight excluding hydrogens is 368 g/mol. The largest absolute Gasteiger partial charge is 0.370 e. The van der Waals surface area contributed by atoms with Crippen molar-refractivity contribution in [2.24, 2.45) is 0 Å². The van der Waals surface area contributed by atoms with E-state index in [1.54, 1.807) is 12.1 Å². The van der Waals surface area contributed by atoms with Gasteiger partial charge in [0.1, 0.15) is 0 Å². The molecule has 2 saturated heterocycles. The summed E-state index contributed by atoms with van der Waals surface area (Å²) in [5.41, 5.74) is 1.98. The second kappa shape index (κ2) is 7.69. The third-order valence-electron chi connectivity index (χ3n) is 4.76. The van der Waals surface area contributed by atoms with Crippen LogP contribution in [0.5, 0.6) is 0 Å². The number of aryl methyl sites for hydroxylation is 1. The lowest BCUT2D eigenvalue weighted by Gasteiger charge is -2.34. The normalized spacial score (nSPS) is 27.6. The molecule has 2 aromatic carbocycles. The minimum Gasteiger partial charge on any atom is -0.370 e. The van der Waals surface area contributed by atoms with Gasteiger partial charge in [-0.2, -0.15) is 8.42 Å². The molecule has 7 heteroatoms. The highest BCUT2D eigenvalue weighted by Gasteiger charge is 2.47. The predicted octanol–water partition coefficient (Wildman–Crippen LogP) is 2.80. The quantitative estimate of drug-likeness (QED) is 0.707. The Morgan fingerprint density at radius 2 is 1.81 bits per heavy atom. The van der Waals surface area contributed by atoms with Gasteiger partial charge in [0, 0.05) is 6.42 Å². The smallest absolute Gasteiger partial charge is 0.297 e. The second-order valence-corrected chi connectivity index (χ2v) is 8.43. The van der Waals surface area contributed by atoms with E-state index in [-0.39, 0.29) is 11.0 Å². The van der Waals surface area contributed by atoms with Gasteiger partial charge >= 0.3 is 0 Å². The summed E-state index contributed by atoms with van der Waals surface area (Å²) in [5.74, 6) is 0. The van der Waals surface area contributed by atoms with Crippen molar-refractivity contribution in [3.63, 3.8) is 0 Å². The van der Waals surface area contributed by atoms with E-state index < -0.39 is 28.6 Å². The maximum atomic E-state index is 12.7. The van der Waals surface area contributed by atoms with Crippen LogP contribution in [-0.2, 0) is 35.1 Å². The molecule has 2 aliphatic heterocycles. The van der Waals surface area contributed by atoms with E-state index in [0.29, 0.717) is 19.6 Å². The van der Waals surface area contributed by atoms with Crippen LogP contribution in [0, 0.1) is 6.92 Å². The second-order valence-electron chi connectivity index (χ2n) is 6.86. The monoisotopic (exact) mass is 390 g/mol. The SMILES string of the molecule is Cc1ccc(S(=O)(=O)O[C@H]2[C@H]3OC[C@@H](C[C@@H]2OCc2ccccc2)O3)cc1. The molecule has 4 atom stereocenters. The van der Waals surface area contributed by atoms with Crippen molar-refractivity contribution >= 4 is 10.1 Å². The van der Waals surface area contributed by atoms with Crippen molar-refractivity contribution in [3.8, 4) is 0 Å². The molecule has 0 radical (unpaired) electrons. The van der Waals surface area contributed by atoms with E-state index in [4.69, 9.17) is 18.4 Å². The zero-order chi connectivity index (χ0) is 18.9. The van der Waals surface area contributed by atoms with Gasteiger partial charge in [-0.1, -0.05) is 48.0 Å². The Morgan fingerprint density at radius 1 is 1.07 bits per heavy atom. The van der Waals surface area contributed by atoms with Crippen LogP contribution in [0.15, 0.2) is 59.5 Å². The van der Waals surface area contributed by atoms with Gasteiger partial charge in [0.15, 0.2) is 12.4 Å². The van der Waals surface area contributed by atoms with E-state index in [9.17, 15) is 8.42 Å². The lowest BCUT2D eigenvalue weighted by molar-refractivity contribution is -0.196. The number of hydrogen-bond donors (Lipinski definition) is 0. The van der Waals surface area contributed by atoms with Crippen LogP contribution >= 0.6 is 0 Å². The molecule has 6 nitrogen and oxygen atoms in total. The molecule has 2 aromatic rings. The molecule has 0 unspecified atom stereocenters. The van der Waals surface area contributed by atoms with Gasteiger partial charge in [-0.3, -0.25) is 4.18 Å². The molecule has 0 aromatic heterocycles. The number of rotatable bonds is 6. The molecule has 4 rings (SSSR count). The minimum absolute atomic E-state index is 0.0993. The van der Waals surface area contributed by atoms with Crippen molar-refractivity contribution in [3.05, 3.63) is 65.7 Å². The summed E-state index contributed by atoms with van der Waals surface area (Å²) in [6, 6.07) is 16.3. The zero-order valence-electron chi connectivity index (χ0n) is 15.0. The zero-order valence-corrected chi connectivity index (χ0v) is 15.8. The molecule has 2 heterocycles. The topological polar surface area (TPSA) is 71.1 Å². The Hall–Kier alpha value is -1.77. The van der Waals surface area contributed by atoms with Gasteiger partial charge in [-0.15, -0.1) is 0 Å². The molecule has 0 N–H and O–H groups in total. The molecule has 2 bridgehead atoms. The fourth-order valence-corrected chi connectivity index (χ4v) is 4.38. The third kappa shape index (κ3) is 4.23. The maximum absolute atomic E-state index is 12.7. The number of benzene rings is 2. The Morgan fingerprint density at radius 3 is 2.56 bits per heavy atom. The fraction of sp³-hybridized carbons (Fsp3) is 0.400. The molecule has 0 aliphatic carbocycles. The molecule has 2 aliphatic rings. The van der Waals surface area contributed by atoms with Crippen LogP contribution < -0.4 is 0 Å². The van der Waals surface area contributed by atoms with E-state index in [1.807, 2.05) is 37.3 Å². The van der Waals surface area contributed by atoms with Gasteiger partial charge in [0.2, 0.25) is 0 Å². The van der Waals surface area contributed by atoms with Crippen LogP contribution in [0.4, 0.5) is 0 Å². The van der Waals surface area contributed by atoms with Crippen molar-refractivity contribution in [2.45, 2.75) is 49.4 Å². The van der Waals surface area contributed by atoms with E-state index in [2.05, 4.69) is 0 Å². The first kappa shape index (κ1) is 18.6. The van der Waals surface area contributed by atoms with Gasteiger partial charge in [-0.05, 0) is 24.6 Å². The average Bonchev–Trinajstić information content (AvgIpc) is 3.07. The number of hydrogen-bond acceptors (Lipinski definition) is 6. The summed E-state index contributed by atoms with van der Waals surface area (Å²) in [4.78, 5) is 0.107. The maximum Gasteiger partial charge on any atom is 0.297 e. The van der Waals surface area contributed by atoms with Crippen molar-refractivity contribution in [1.82, 2.24) is 0 Å². The Balaban J connectivity index is 1.51. The van der Waals surface area contributed by atoms with E-state index >= 15 is 0 Å². The number of ether oxygens (including phenoxy) is 3. The average molecular weight is 390 g/mol. The van der Waals surface area contributed by atoms with Gasteiger partial charge in [-0.25, -0.2) is 0 Å². The van der Waals surface area contributed by atoms with Crippen LogP contribution in [-0.4, -0.2) is 39.6 Å². The first-order valence-electron chi connectivity index (χ1n) is 8.94. The fourth-order valence-electron chi connectivity index (χ4n) is 3.29. The highest BCUT2D eigenvalue weighted by atomic mass is 32.2. The van der Waals surface area contributed by atoms with Gasteiger partial charge < -0.3 is 14.2 Å². The Kier molecular flexibility index (Phi) is 5.29. The molecular formula is C20H22O6S. The molecule has 0 amide bonds. The molecule has 0 spiro atoms. The predicted molar refractivity (Wildman–Crippen MR) is 97.5 cm³/mol. The summed E-state index contributed by atoms with van der Waals surface area (Å²) < 4.78 is 48.3. The minimum atomic E-state index is -3.96. The highest BCUT2D eigenvalue weighted by molar-refractivity contribution is 7.86. The summed E-state index contributed by atoms with van der Waals surface area (Å²) >= 11 is 0. The van der Waals surface area contributed by atoms with Gasteiger partial charge in [0.05, 0.1) is 30.3 Å². The van der Waals surface area contributed by atoms with Crippen molar-refractivity contribution < 1.29 is 26.8 Å². The Labute approximate surface area is 159 Å². The molecule has 0 saturated carbocycles. The lowest BCUT2D eigenvalue weighted by atomic mass is 10.0. The lowest BCUT2D eigenvalue weighted by Crippen LogP contribution is -2.47. The highest BCUT2D eigenvalue weighted by Crippen LogP contribution is 2.33. The molecule has 2 fully saturated rings. The van der Waals surface area contributed by atoms with Crippen LogP contribution in [0.1, 0.15) is 17.5 Å². The van der Waals surface area contributed by atoms with E-state index in [1.165, 1.54) is 12.1 Å². The summed E-state index contributed by atoms with van der Waals surface area (Å²) in [7, 11) is -3.96. The van der Waals surface area contributed by atoms with Gasteiger partial charge in [0.25, 0.3) is 10.1 Å². The summed E-state index contributed by atoms with van der Waals surface area (Å²) in [6.07, 6.45) is -1.60. The standard InChI is InChI=1S/C20H22O6S/c1-14-7-9-17(10-8-14)27(21,22)26-19-18(11-16-13-24-20(19)25-16)23-12-15-5-3-2-4-6-15/h2-10,16,18-20H,11-13H2,1H3/t16-,18+,19-,20+/m1/s1. The molecule has 27 heavy (non-hydrogen) atoms. The third-order valence-corrected chi connectivity index (χ3v) is 6.08. The van der Waals surface area contributed by atoms with Crippen LogP contribution in [0.2, 0.25) is 0 Å². The first-order chi connectivity index (χ1) is 13.0. The van der Waals surface area contributed by atoms with Crippen molar-refractivity contribution in [1.29, 1.82) is 0 Å².